The number of benzene rings is 2. The molecule has 16 N–H and O–H groups in total. The lowest BCUT2D eigenvalue weighted by Crippen LogP contribution is -2.63. The van der Waals surface area contributed by atoms with Crippen molar-refractivity contribution in [2.45, 2.75) is 171 Å². The molecule has 35 nitrogen and oxygen atoms in total. The number of phenolic OH excluding ortho intramolecular Hbond substituents is 1. The number of carboxylic acids is 1. The Balaban J connectivity index is 1.12. The Labute approximate surface area is 627 Å². The Morgan fingerprint density at radius 2 is 1.49 bits per heavy atom. The number of ether oxygens (including phenoxy) is 5. The molecule has 4 bridgehead atoms. The van der Waals surface area contributed by atoms with E-state index in [-0.39, 0.29) is 124 Å². The second-order valence-electron chi connectivity index (χ2n) is 26.5. The van der Waals surface area contributed by atoms with E-state index in [2.05, 4.69) is 42.2 Å². The molecule has 4 aliphatic heterocycles. The minimum atomic E-state index is -1.95. The van der Waals surface area contributed by atoms with Crippen molar-refractivity contribution in [2.24, 2.45) is 28.1 Å². The molecule has 12 amide bonds. The molecule has 37 heteroatoms. The largest absolute Gasteiger partial charge is 0.508 e. The highest BCUT2D eigenvalue weighted by molar-refractivity contribution is 7.99. The lowest BCUT2D eigenvalue weighted by molar-refractivity contribution is -0.162. The lowest BCUT2D eigenvalue weighted by atomic mass is 9.83. The number of esters is 1. The number of guanidine groups is 1. The number of imide groups is 1. The van der Waals surface area contributed by atoms with Crippen molar-refractivity contribution in [1.82, 2.24) is 47.0 Å². The van der Waals surface area contributed by atoms with Crippen molar-refractivity contribution in [3.05, 3.63) is 88.5 Å². The third-order valence-corrected chi connectivity index (χ3v) is 19.8. The number of aromatic hydroxyl groups is 1. The van der Waals surface area contributed by atoms with Gasteiger partial charge in [-0.25, -0.2) is 19.2 Å². The fraction of sp³-hybridized carbons (Fsp3) is 0.543. The number of nitrogens with zero attached hydrogens (tertiary/aromatic N) is 4. The quantitative estimate of drug-likeness (QED) is 0.0110. The second-order valence-corrected chi connectivity index (χ2v) is 28.0. The molecule has 586 valence electrons. The Morgan fingerprint density at radius 1 is 0.860 bits per heavy atom. The van der Waals surface area contributed by atoms with Gasteiger partial charge in [-0.3, -0.25) is 58.4 Å². The van der Waals surface area contributed by atoms with Crippen LogP contribution in [-0.4, -0.2) is 240 Å². The number of nitrogens with two attached hydrogens (primary N) is 3. The molecule has 0 spiro atoms. The molecule has 2 aromatic rings. The number of aliphatic hydroxyl groups is 1. The highest BCUT2D eigenvalue weighted by Gasteiger charge is 2.64. The number of thioether (sulfide) groups is 1. The first-order valence-electron chi connectivity index (χ1n) is 34.6. The third-order valence-electron chi connectivity index (χ3n) is 18.5. The summed E-state index contributed by atoms with van der Waals surface area (Å²) in [5.41, 5.74) is 15.1. The normalized spacial score (nSPS) is 22.7. The van der Waals surface area contributed by atoms with Crippen LogP contribution in [0.3, 0.4) is 0 Å². The average molecular weight is 1540 g/mol. The highest BCUT2D eigenvalue weighted by Crippen LogP contribution is 2.49. The van der Waals surface area contributed by atoms with Crippen molar-refractivity contribution in [1.29, 1.82) is 0 Å². The van der Waals surface area contributed by atoms with Gasteiger partial charge in [-0.15, -0.1) is 0 Å². The first-order valence-corrected chi connectivity index (χ1v) is 36.1. The zero-order chi connectivity index (χ0) is 79.0. The van der Waals surface area contributed by atoms with Crippen LogP contribution < -0.4 is 64.1 Å². The number of methoxy groups -OCH3 is 2. The van der Waals surface area contributed by atoms with Crippen molar-refractivity contribution in [2.75, 3.05) is 70.9 Å². The van der Waals surface area contributed by atoms with E-state index in [0.29, 0.717) is 22.4 Å². The number of unbranched alkanes of at least 4 members (excludes halogenated alkanes) is 1. The molecule has 0 saturated carbocycles. The molecule has 0 unspecified atom stereocenters. The Morgan fingerprint density at radius 3 is 2.13 bits per heavy atom. The zero-order valence-electron chi connectivity index (χ0n) is 60.8. The number of carbonyl (C=O) groups is 13. The summed E-state index contributed by atoms with van der Waals surface area (Å²) in [6, 6.07) is 1.24. The van der Waals surface area contributed by atoms with Crippen LogP contribution in [0.1, 0.15) is 103 Å². The van der Waals surface area contributed by atoms with E-state index < -0.39 is 162 Å². The van der Waals surface area contributed by atoms with Crippen LogP contribution in [0.15, 0.2) is 77.3 Å². The van der Waals surface area contributed by atoms with Crippen molar-refractivity contribution < 1.29 is 101 Å². The average Bonchev–Trinajstić information content (AvgIpc) is 1.57. The smallest absolute Gasteiger partial charge is 0.409 e. The van der Waals surface area contributed by atoms with Crippen LogP contribution in [-0.2, 0) is 84.5 Å². The first kappa shape index (κ1) is 85.9. The Bertz CT molecular complexity index is 3710. The fourth-order valence-corrected chi connectivity index (χ4v) is 13.2. The van der Waals surface area contributed by atoms with Crippen LogP contribution in [0.25, 0.3) is 0 Å². The molecular formula is C70H97ClN14O21S. The number of hydrogen-bond acceptors (Lipinski definition) is 22. The number of aliphatic carboxylic acids is 1. The van der Waals surface area contributed by atoms with Gasteiger partial charge in [0.1, 0.15) is 77.2 Å². The molecule has 2 saturated heterocycles. The summed E-state index contributed by atoms with van der Waals surface area (Å²) < 4.78 is 29.5. The zero-order valence-corrected chi connectivity index (χ0v) is 62.4. The van der Waals surface area contributed by atoms with E-state index >= 15 is 0 Å². The van der Waals surface area contributed by atoms with E-state index in [0.717, 1.165) is 34.4 Å². The van der Waals surface area contributed by atoms with E-state index in [1.807, 2.05) is 6.92 Å². The van der Waals surface area contributed by atoms with Crippen LogP contribution in [0.4, 0.5) is 15.3 Å². The number of phenols is 1. The van der Waals surface area contributed by atoms with Gasteiger partial charge < -0.3 is 97.9 Å². The number of aliphatic imine (C=N–C) groups is 1. The summed E-state index contributed by atoms with van der Waals surface area (Å²) >= 11 is 7.84. The van der Waals surface area contributed by atoms with Gasteiger partial charge in [0.2, 0.25) is 41.4 Å². The van der Waals surface area contributed by atoms with E-state index in [1.54, 1.807) is 44.2 Å². The summed E-state index contributed by atoms with van der Waals surface area (Å²) in [7, 11) is 5.67. The predicted molar refractivity (Wildman–Crippen MR) is 390 cm³/mol. The summed E-state index contributed by atoms with van der Waals surface area (Å²) in [5, 5.41) is 49.9. The molecule has 12 atom stereocenters. The third kappa shape index (κ3) is 25.3. The van der Waals surface area contributed by atoms with Gasteiger partial charge in [0.05, 0.1) is 31.1 Å². The minimum absolute atomic E-state index is 0.00217. The monoisotopic (exact) mass is 1540 g/mol. The highest BCUT2D eigenvalue weighted by atomic mass is 35.5. The summed E-state index contributed by atoms with van der Waals surface area (Å²) in [6.45, 7) is 5.94. The number of nitrogens with one attached hydrogen (secondary N) is 7. The van der Waals surface area contributed by atoms with Gasteiger partial charge in [0, 0.05) is 83.9 Å². The van der Waals surface area contributed by atoms with Gasteiger partial charge in [0.25, 0.3) is 11.8 Å². The first-order chi connectivity index (χ1) is 50.6. The maximum atomic E-state index is 14.5. The number of urea groups is 1. The number of anilines is 1. The number of likely N-dealkylation sites (N-methyl/N-ethyl adjacent to an activating group) is 1. The summed E-state index contributed by atoms with van der Waals surface area (Å²) in [4.78, 5) is 180. The second kappa shape index (κ2) is 40.1. The maximum absolute atomic E-state index is 14.5. The van der Waals surface area contributed by atoms with Crippen molar-refractivity contribution >= 4 is 112 Å². The van der Waals surface area contributed by atoms with Crippen LogP contribution >= 0.6 is 23.4 Å². The molecular weight excluding hydrogens is 1440 g/mol. The van der Waals surface area contributed by atoms with Gasteiger partial charge in [0.15, 0.2) is 11.7 Å². The van der Waals surface area contributed by atoms with Gasteiger partial charge >= 0.3 is 24.1 Å². The number of fused-ring (bicyclic) bond motifs is 5. The number of carbonyl (C=O) groups excluding carboxylic acids is 12. The Kier molecular flexibility index (Phi) is 32.2. The van der Waals surface area contributed by atoms with Crippen LogP contribution in [0, 0.1) is 5.92 Å². The number of hydrogen-bond donors (Lipinski definition) is 13. The van der Waals surface area contributed by atoms with Crippen molar-refractivity contribution in [3.63, 3.8) is 0 Å². The van der Waals surface area contributed by atoms with Crippen LogP contribution in [0.5, 0.6) is 11.5 Å². The number of alkyl carbamates (subject to hydrolysis) is 1. The van der Waals surface area contributed by atoms with Crippen molar-refractivity contribution in [3.8, 4) is 11.5 Å². The van der Waals surface area contributed by atoms with Gasteiger partial charge in [-0.05, 0) is 108 Å². The number of carboxylic acid groups (broad SMARTS) is 1. The maximum Gasteiger partial charge on any atom is 0.409 e. The topological polar surface area (TPSA) is 516 Å². The molecule has 0 aromatic heterocycles. The number of epoxide rings is 1. The molecule has 0 aliphatic carbocycles. The molecule has 4 heterocycles. The summed E-state index contributed by atoms with van der Waals surface area (Å²) in [6.07, 6.45) is 1.41. The molecule has 2 fully saturated rings. The van der Waals surface area contributed by atoms with E-state index in [9.17, 15) is 77.6 Å². The molecule has 2 aromatic carbocycles. The lowest BCUT2D eigenvalue weighted by Gasteiger charge is -2.42. The number of halogens is 1. The number of allylic oxidation sites excluding steroid dienone is 3. The SMILES string of the molecule is COc1cc2cc(c1Cl)N(C)C(=O)C[C@H](OC(=O)[C@H](C)N(C)C(=O)CCSCC(=O)N[C@@H](CCCNC(N)=O)C(=O)N[C@@H](CCCCNC(=O)[C@H](CCCN=C(N)N)NC(=O)CN1C(=O)C=CC1=O)C(=O)N[C@@H](Cc1ccc(O)cc1)C(=O)O)[C@]1(C)O[C@H]1[C@H](C)[C@@H]1C[C@@](O)(NC(=O)O1)[C@H](OC)/C=C/C=C(\C)C2. The minimum Gasteiger partial charge on any atom is -0.508 e. The van der Waals surface area contributed by atoms with Gasteiger partial charge in [-0.1, -0.05) is 54.5 Å². The van der Waals surface area contributed by atoms with Crippen LogP contribution in [0.2, 0.25) is 5.02 Å². The Hall–Kier alpha value is -10.0. The summed E-state index contributed by atoms with van der Waals surface area (Å²) in [5.74, 6) is -10.0. The van der Waals surface area contributed by atoms with Gasteiger partial charge in [-0.2, -0.15) is 11.8 Å². The number of amides is 12. The molecule has 0 radical (unpaired) electrons. The standard InChI is InChI=1S/C70H97ClN14O21S/c1-38-14-11-18-51(103-8)70(101)35-50(104-68(100)82-70)39(2)60-69(4,106-60)52(34-58(92)84(6)48-32-42(30-38)33-49(102-7)59(48)71)105-65(98)40(3)83(5)55(89)25-29-107-37-54(88)79-45(17-13-28-77-67(74)99)62(94)80-46(63(95)81-47(64(96)97)31-41-19-21-43(86)22-20-41)15-9-10-26-75-61(93)44(16-12-27-76-66(72)73)78-53(87)36-85-56(90)23-24-57(85)91/h11,14,18-24,32-33,39-40,44-47,50-52,60,86,101H,9-10,12-13,15-17,25-31,34-37H2,1-8H3,(H,75,93)(H,78,87)(H,79,88)(H,80,94)(H,81,95)(H,82,100)(H,96,97)(H4,72,73,76)(H3,74,77,99)/b18-11+,38-14+/t39-,40+,44+,45+,46+,47+,50+,51-,52+,60+,69+,70+/m1/s1. The fourth-order valence-electron chi connectivity index (χ4n) is 12.2. The van der Waals surface area contributed by atoms with E-state index in [1.165, 1.54) is 64.4 Å². The molecule has 4 aliphatic rings. The molecule has 107 heavy (non-hydrogen) atoms. The van der Waals surface area contributed by atoms with E-state index in [4.69, 9.17) is 52.5 Å². The predicted octanol–water partition coefficient (Wildman–Crippen LogP) is 0.323. The molecule has 6 rings (SSSR count). The number of rotatable bonds is 35. The number of primary amides is 1.